The van der Waals surface area contributed by atoms with Gasteiger partial charge in [0.25, 0.3) is 10.0 Å². The highest BCUT2D eigenvalue weighted by molar-refractivity contribution is 7.92. The van der Waals surface area contributed by atoms with Crippen LogP contribution < -0.4 is 9.62 Å². The maximum Gasteiger partial charge on any atom is 0.264 e. The zero-order valence-corrected chi connectivity index (χ0v) is 20.9. The Balaban J connectivity index is 1.95. The highest BCUT2D eigenvalue weighted by Gasteiger charge is 2.29. The van der Waals surface area contributed by atoms with Crippen LogP contribution in [0.25, 0.3) is 0 Å². The fourth-order valence-electron chi connectivity index (χ4n) is 3.90. The average Bonchev–Trinajstić information content (AvgIpc) is 2.77. The molecule has 1 unspecified atom stereocenters. The van der Waals surface area contributed by atoms with Gasteiger partial charge in [0.2, 0.25) is 5.91 Å². The van der Waals surface area contributed by atoms with E-state index < -0.39 is 10.0 Å². The van der Waals surface area contributed by atoms with Crippen molar-refractivity contribution in [3.8, 4) is 0 Å². The molecule has 7 heteroatoms. The van der Waals surface area contributed by atoms with Gasteiger partial charge in [-0.05, 0) is 74.2 Å². The highest BCUT2D eigenvalue weighted by Crippen LogP contribution is 2.29. The molecule has 0 aromatic heterocycles. The van der Waals surface area contributed by atoms with Crippen molar-refractivity contribution in [3.63, 3.8) is 0 Å². The topological polar surface area (TPSA) is 66.5 Å². The molecule has 5 nitrogen and oxygen atoms in total. The van der Waals surface area contributed by atoms with E-state index in [0.717, 1.165) is 21.0 Å². The minimum absolute atomic E-state index is 0.119. The first-order valence-corrected chi connectivity index (χ1v) is 12.7. The molecule has 0 radical (unpaired) electrons. The summed E-state index contributed by atoms with van der Waals surface area (Å²) in [7, 11) is -3.98. The van der Waals surface area contributed by atoms with E-state index in [9.17, 15) is 13.2 Å². The van der Waals surface area contributed by atoms with E-state index >= 15 is 0 Å². The summed E-state index contributed by atoms with van der Waals surface area (Å²) in [4.78, 5) is 13.3. The largest absolute Gasteiger partial charge is 0.348 e. The predicted octanol–water partition coefficient (Wildman–Crippen LogP) is 5.73. The summed E-state index contributed by atoms with van der Waals surface area (Å²) in [5, 5.41) is 3.53. The molecule has 33 heavy (non-hydrogen) atoms. The molecule has 0 aliphatic carbocycles. The lowest BCUT2D eigenvalue weighted by atomic mass is 9.97. The third kappa shape index (κ3) is 5.75. The first-order chi connectivity index (χ1) is 15.6. The van der Waals surface area contributed by atoms with Crippen LogP contribution in [0.15, 0.2) is 71.6 Å². The molecule has 0 bridgehead atoms. The van der Waals surface area contributed by atoms with Crippen molar-refractivity contribution in [2.24, 2.45) is 0 Å². The number of carbonyl (C=O) groups excluding carboxylic acids is 1. The number of hydrogen-bond acceptors (Lipinski definition) is 3. The van der Waals surface area contributed by atoms with Crippen molar-refractivity contribution < 1.29 is 13.2 Å². The van der Waals surface area contributed by atoms with Crippen LogP contribution >= 0.6 is 11.6 Å². The molecule has 3 aromatic rings. The van der Waals surface area contributed by atoms with E-state index in [1.165, 1.54) is 12.1 Å². The fourth-order valence-corrected chi connectivity index (χ4v) is 5.64. The van der Waals surface area contributed by atoms with Gasteiger partial charge < -0.3 is 5.32 Å². The molecule has 3 rings (SSSR count). The second-order valence-corrected chi connectivity index (χ2v) is 10.4. The smallest absolute Gasteiger partial charge is 0.264 e. The Morgan fingerprint density at radius 2 is 1.67 bits per heavy atom. The highest BCUT2D eigenvalue weighted by atomic mass is 35.5. The van der Waals surface area contributed by atoms with Crippen LogP contribution in [0.1, 0.15) is 41.6 Å². The van der Waals surface area contributed by atoms with Crippen LogP contribution in [-0.4, -0.2) is 20.9 Å². The Labute approximate surface area is 201 Å². The summed E-state index contributed by atoms with van der Waals surface area (Å²) in [6, 6.07) is 18.9. The van der Waals surface area contributed by atoms with Crippen LogP contribution in [0.2, 0.25) is 5.02 Å². The van der Waals surface area contributed by atoms with Gasteiger partial charge in [-0.1, -0.05) is 60.5 Å². The summed E-state index contributed by atoms with van der Waals surface area (Å²) in [6.45, 7) is 7.46. The van der Waals surface area contributed by atoms with E-state index in [1.807, 2.05) is 32.9 Å². The van der Waals surface area contributed by atoms with Gasteiger partial charge in [-0.3, -0.25) is 9.10 Å². The molecular weight excluding hydrogens is 456 g/mol. The second-order valence-electron chi connectivity index (χ2n) is 8.14. The molecule has 0 aliphatic heterocycles. The molecule has 0 aliphatic rings. The lowest BCUT2D eigenvalue weighted by Gasteiger charge is -2.27. The second kappa shape index (κ2) is 10.4. The van der Waals surface area contributed by atoms with Crippen LogP contribution in [-0.2, 0) is 14.8 Å². The third-order valence-electron chi connectivity index (χ3n) is 5.59. The van der Waals surface area contributed by atoms with E-state index in [1.54, 1.807) is 43.3 Å². The minimum Gasteiger partial charge on any atom is -0.348 e. The molecular formula is C26H29ClN2O3S. The van der Waals surface area contributed by atoms with Gasteiger partial charge in [-0.15, -0.1) is 0 Å². The van der Waals surface area contributed by atoms with Gasteiger partial charge in [0.05, 0.1) is 16.6 Å². The maximum atomic E-state index is 13.5. The number of nitrogens with zero attached hydrogens (tertiary/aromatic N) is 1. The monoisotopic (exact) mass is 484 g/mol. The van der Waals surface area contributed by atoms with Crippen LogP contribution in [0, 0.1) is 20.8 Å². The Kier molecular flexibility index (Phi) is 7.82. The minimum atomic E-state index is -3.98. The number of rotatable bonds is 8. The Bertz CT molecular complexity index is 1240. The van der Waals surface area contributed by atoms with Gasteiger partial charge in [0.1, 0.15) is 6.54 Å². The van der Waals surface area contributed by atoms with E-state index in [4.69, 9.17) is 11.6 Å². The molecule has 0 fully saturated rings. The van der Waals surface area contributed by atoms with Gasteiger partial charge >= 0.3 is 0 Å². The van der Waals surface area contributed by atoms with Crippen molar-refractivity contribution in [1.29, 1.82) is 0 Å². The molecule has 0 spiro atoms. The Morgan fingerprint density at radius 1 is 0.970 bits per heavy atom. The number of halogens is 1. The molecule has 0 saturated carbocycles. The normalized spacial score (nSPS) is 12.3. The molecule has 1 N–H and O–H groups in total. The quantitative estimate of drug-likeness (QED) is 0.444. The van der Waals surface area contributed by atoms with Gasteiger partial charge in [-0.25, -0.2) is 8.42 Å². The third-order valence-corrected chi connectivity index (χ3v) is 7.60. The number of benzene rings is 3. The summed E-state index contributed by atoms with van der Waals surface area (Å²) < 4.78 is 28.2. The number of nitrogens with one attached hydrogen (secondary N) is 1. The van der Waals surface area contributed by atoms with Gasteiger partial charge in [0, 0.05) is 5.02 Å². The summed E-state index contributed by atoms with van der Waals surface area (Å²) in [5.74, 6) is -0.379. The number of hydrogen-bond donors (Lipinski definition) is 1. The van der Waals surface area contributed by atoms with Crippen molar-refractivity contribution in [2.45, 2.75) is 45.1 Å². The summed E-state index contributed by atoms with van der Waals surface area (Å²) in [6.07, 6.45) is 0.682. The van der Waals surface area contributed by atoms with Gasteiger partial charge in [-0.2, -0.15) is 0 Å². The first-order valence-electron chi connectivity index (χ1n) is 10.8. The van der Waals surface area contributed by atoms with E-state index in [2.05, 4.69) is 11.4 Å². The number of carbonyl (C=O) groups is 1. The van der Waals surface area contributed by atoms with Crippen molar-refractivity contribution in [3.05, 3.63) is 94.0 Å². The van der Waals surface area contributed by atoms with Crippen molar-refractivity contribution in [1.82, 2.24) is 5.32 Å². The predicted molar refractivity (Wildman–Crippen MR) is 134 cm³/mol. The number of sulfonamides is 1. The lowest BCUT2D eigenvalue weighted by Crippen LogP contribution is -2.42. The molecule has 1 amide bonds. The standard InChI is InChI=1S/C26H29ClN2O3S/c1-5-24(23-13-11-18(2)15-19(23)3)28-26(30)17-29(25-14-12-21(27)16-20(25)4)33(31,32)22-9-7-6-8-10-22/h6-16,24H,5,17H2,1-4H3,(H,28,30). The average molecular weight is 485 g/mol. The summed E-state index contributed by atoms with van der Waals surface area (Å²) in [5.41, 5.74) is 4.34. The van der Waals surface area contributed by atoms with E-state index in [0.29, 0.717) is 22.7 Å². The summed E-state index contributed by atoms with van der Waals surface area (Å²) >= 11 is 6.09. The number of aryl methyl sites for hydroxylation is 3. The molecule has 0 heterocycles. The van der Waals surface area contributed by atoms with Crippen LogP contribution in [0.3, 0.4) is 0 Å². The fraction of sp³-hybridized carbons (Fsp3) is 0.269. The van der Waals surface area contributed by atoms with Crippen LogP contribution in [0.5, 0.6) is 0 Å². The van der Waals surface area contributed by atoms with E-state index in [-0.39, 0.29) is 23.4 Å². The number of anilines is 1. The number of amides is 1. The maximum absolute atomic E-state index is 13.5. The molecule has 174 valence electrons. The molecule has 3 aromatic carbocycles. The lowest BCUT2D eigenvalue weighted by molar-refractivity contribution is -0.120. The van der Waals surface area contributed by atoms with Crippen LogP contribution in [0.4, 0.5) is 5.69 Å². The van der Waals surface area contributed by atoms with Crippen molar-refractivity contribution in [2.75, 3.05) is 10.8 Å². The zero-order valence-electron chi connectivity index (χ0n) is 19.3. The molecule has 1 atom stereocenters. The van der Waals surface area contributed by atoms with Gasteiger partial charge in [0.15, 0.2) is 0 Å². The zero-order chi connectivity index (χ0) is 24.2. The first kappa shape index (κ1) is 24.8. The Morgan fingerprint density at radius 3 is 2.27 bits per heavy atom. The molecule has 0 saturated heterocycles. The van der Waals surface area contributed by atoms with Crippen molar-refractivity contribution >= 4 is 33.2 Å². The SMILES string of the molecule is CCC(NC(=O)CN(c1ccc(Cl)cc1C)S(=O)(=O)c1ccccc1)c1ccc(C)cc1C. The Hall–Kier alpha value is -2.83.